The summed E-state index contributed by atoms with van der Waals surface area (Å²) in [6.07, 6.45) is -1.52. The van der Waals surface area contributed by atoms with Gasteiger partial charge in [0.05, 0.1) is 13.2 Å². The molecular formula is C14H16F3NO. The van der Waals surface area contributed by atoms with Gasteiger partial charge < -0.3 is 4.74 Å². The fourth-order valence-corrected chi connectivity index (χ4v) is 2.06. The van der Waals surface area contributed by atoms with Crippen LogP contribution in [0.3, 0.4) is 0 Å². The second-order valence-electron chi connectivity index (χ2n) is 4.40. The molecule has 0 unspecified atom stereocenters. The normalized spacial score (nSPS) is 19.7. The fourth-order valence-electron chi connectivity index (χ4n) is 2.06. The minimum absolute atomic E-state index is 0.309. The van der Waals surface area contributed by atoms with Gasteiger partial charge in [-0.1, -0.05) is 42.5 Å². The predicted octanol–water partition coefficient (Wildman–Crippen LogP) is 2.96. The Balaban J connectivity index is 2.12. The summed E-state index contributed by atoms with van der Waals surface area (Å²) in [5.74, 6) is 0. The number of hydrogen-bond donors (Lipinski definition) is 0. The van der Waals surface area contributed by atoms with Crippen molar-refractivity contribution in [3.8, 4) is 0 Å². The van der Waals surface area contributed by atoms with Gasteiger partial charge in [-0.25, -0.2) is 0 Å². The van der Waals surface area contributed by atoms with Gasteiger partial charge in [0.25, 0.3) is 0 Å². The third-order valence-corrected chi connectivity index (χ3v) is 3.04. The molecule has 1 aromatic rings. The van der Waals surface area contributed by atoms with Crippen LogP contribution in [-0.2, 0) is 4.74 Å². The summed E-state index contributed by atoms with van der Waals surface area (Å²) in [5, 5.41) is 0. The van der Waals surface area contributed by atoms with Crippen LogP contribution >= 0.6 is 0 Å². The van der Waals surface area contributed by atoms with Crippen LogP contribution in [0.5, 0.6) is 0 Å². The number of alkyl halides is 3. The lowest BCUT2D eigenvalue weighted by Gasteiger charge is -2.33. The molecule has 1 heterocycles. The number of nitrogens with zero attached hydrogens (tertiary/aromatic N) is 1. The molecular weight excluding hydrogens is 255 g/mol. The van der Waals surface area contributed by atoms with Crippen molar-refractivity contribution < 1.29 is 17.9 Å². The molecule has 1 fully saturated rings. The molecule has 1 saturated heterocycles. The van der Waals surface area contributed by atoms with Gasteiger partial charge in [0, 0.05) is 13.1 Å². The third kappa shape index (κ3) is 4.08. The van der Waals surface area contributed by atoms with Crippen LogP contribution in [-0.4, -0.2) is 43.4 Å². The zero-order valence-electron chi connectivity index (χ0n) is 10.4. The van der Waals surface area contributed by atoms with E-state index in [4.69, 9.17) is 4.74 Å². The van der Waals surface area contributed by atoms with E-state index in [1.807, 2.05) is 6.07 Å². The lowest BCUT2D eigenvalue weighted by atomic mass is 10.1. The van der Waals surface area contributed by atoms with Crippen molar-refractivity contribution in [2.75, 3.05) is 26.3 Å². The van der Waals surface area contributed by atoms with Crippen molar-refractivity contribution in [2.24, 2.45) is 0 Å². The average molecular weight is 271 g/mol. The molecule has 0 N–H and O–H groups in total. The Bertz CT molecular complexity index is 410. The maximum atomic E-state index is 13.1. The van der Waals surface area contributed by atoms with Gasteiger partial charge in [-0.3, -0.25) is 4.90 Å². The summed E-state index contributed by atoms with van der Waals surface area (Å²) >= 11 is 0. The van der Waals surface area contributed by atoms with Crippen LogP contribution in [0.4, 0.5) is 13.2 Å². The summed E-state index contributed by atoms with van der Waals surface area (Å²) in [6, 6.07) is 7.46. The number of morpholine rings is 1. The van der Waals surface area contributed by atoms with E-state index in [-0.39, 0.29) is 0 Å². The van der Waals surface area contributed by atoms with Gasteiger partial charge in [-0.15, -0.1) is 0 Å². The molecule has 2 rings (SSSR count). The van der Waals surface area contributed by atoms with E-state index in [1.54, 1.807) is 24.3 Å². The van der Waals surface area contributed by atoms with Crippen LogP contribution < -0.4 is 0 Å². The summed E-state index contributed by atoms with van der Waals surface area (Å²) in [5.41, 5.74) is 0.769. The third-order valence-electron chi connectivity index (χ3n) is 3.04. The molecule has 1 aliphatic rings. The van der Waals surface area contributed by atoms with Gasteiger partial charge in [0.2, 0.25) is 0 Å². The molecule has 0 spiro atoms. The van der Waals surface area contributed by atoms with Crippen LogP contribution in [0.2, 0.25) is 0 Å². The highest BCUT2D eigenvalue weighted by Crippen LogP contribution is 2.27. The summed E-state index contributed by atoms with van der Waals surface area (Å²) in [6.45, 7) is 1.32. The van der Waals surface area contributed by atoms with Crippen molar-refractivity contribution in [3.63, 3.8) is 0 Å². The Morgan fingerprint density at radius 1 is 1.11 bits per heavy atom. The van der Waals surface area contributed by atoms with Gasteiger partial charge in [0.1, 0.15) is 6.04 Å². The maximum Gasteiger partial charge on any atom is 0.407 e. The van der Waals surface area contributed by atoms with Crippen LogP contribution in [0, 0.1) is 0 Å². The smallest absolute Gasteiger partial charge is 0.379 e. The largest absolute Gasteiger partial charge is 0.407 e. The minimum atomic E-state index is -4.26. The summed E-state index contributed by atoms with van der Waals surface area (Å²) in [4.78, 5) is 1.41. The Hall–Kier alpha value is -1.33. The van der Waals surface area contributed by atoms with E-state index in [9.17, 15) is 13.2 Å². The highest BCUT2D eigenvalue weighted by atomic mass is 19.4. The lowest BCUT2D eigenvalue weighted by Crippen LogP contribution is -2.49. The maximum absolute atomic E-state index is 13.1. The molecule has 1 aromatic carbocycles. The average Bonchev–Trinajstić information content (AvgIpc) is 2.40. The summed E-state index contributed by atoms with van der Waals surface area (Å²) in [7, 11) is 0. The van der Waals surface area contributed by atoms with E-state index < -0.39 is 12.2 Å². The fraction of sp³-hybridized carbons (Fsp3) is 0.429. The van der Waals surface area contributed by atoms with E-state index in [0.29, 0.717) is 26.3 Å². The standard InChI is InChI=1S/C14H16F3NO/c15-14(16,17)13(18-8-10-19-11-9-18)7-6-12-4-2-1-3-5-12/h1-7,13H,8-11H2/b7-6+/t13-/m0/s1. The molecule has 1 aliphatic heterocycles. The number of benzene rings is 1. The molecule has 19 heavy (non-hydrogen) atoms. The van der Waals surface area contributed by atoms with Crippen molar-refractivity contribution in [1.82, 2.24) is 4.90 Å². The van der Waals surface area contributed by atoms with E-state index in [1.165, 1.54) is 17.1 Å². The van der Waals surface area contributed by atoms with Gasteiger partial charge in [-0.05, 0) is 5.56 Å². The molecule has 1 atom stereocenters. The first-order valence-electron chi connectivity index (χ1n) is 6.19. The topological polar surface area (TPSA) is 12.5 Å². The van der Waals surface area contributed by atoms with Gasteiger partial charge >= 0.3 is 6.18 Å². The van der Waals surface area contributed by atoms with Crippen molar-refractivity contribution in [2.45, 2.75) is 12.2 Å². The molecule has 0 bridgehead atoms. The van der Waals surface area contributed by atoms with Crippen molar-refractivity contribution in [1.29, 1.82) is 0 Å². The molecule has 2 nitrogen and oxygen atoms in total. The molecule has 104 valence electrons. The molecule has 0 radical (unpaired) electrons. The van der Waals surface area contributed by atoms with E-state index in [0.717, 1.165) is 5.56 Å². The van der Waals surface area contributed by atoms with Crippen LogP contribution in [0.25, 0.3) is 6.08 Å². The number of ether oxygens (including phenoxy) is 1. The predicted molar refractivity (Wildman–Crippen MR) is 67.7 cm³/mol. The molecule has 5 heteroatoms. The zero-order chi connectivity index (χ0) is 13.7. The highest BCUT2D eigenvalue weighted by molar-refractivity contribution is 5.49. The minimum Gasteiger partial charge on any atom is -0.379 e. The highest BCUT2D eigenvalue weighted by Gasteiger charge is 2.42. The number of rotatable bonds is 3. The van der Waals surface area contributed by atoms with Crippen molar-refractivity contribution in [3.05, 3.63) is 42.0 Å². The molecule has 0 aromatic heterocycles. The van der Waals surface area contributed by atoms with Gasteiger partial charge in [-0.2, -0.15) is 13.2 Å². The number of hydrogen-bond acceptors (Lipinski definition) is 2. The first-order valence-corrected chi connectivity index (χ1v) is 6.19. The van der Waals surface area contributed by atoms with Crippen LogP contribution in [0.1, 0.15) is 5.56 Å². The SMILES string of the molecule is FC(F)(F)[C@H](/C=C/c1ccccc1)N1CCOCC1. The quantitative estimate of drug-likeness (QED) is 0.838. The van der Waals surface area contributed by atoms with E-state index >= 15 is 0 Å². The monoisotopic (exact) mass is 271 g/mol. The Morgan fingerprint density at radius 3 is 2.32 bits per heavy atom. The van der Waals surface area contributed by atoms with Crippen LogP contribution in [0.15, 0.2) is 36.4 Å². The Morgan fingerprint density at radius 2 is 1.74 bits per heavy atom. The van der Waals surface area contributed by atoms with Gasteiger partial charge in [0.15, 0.2) is 0 Å². The molecule has 0 saturated carbocycles. The second-order valence-corrected chi connectivity index (χ2v) is 4.40. The summed E-state index contributed by atoms with van der Waals surface area (Å²) < 4.78 is 44.3. The zero-order valence-corrected chi connectivity index (χ0v) is 10.4. The number of halogens is 3. The second kappa shape index (κ2) is 6.21. The van der Waals surface area contributed by atoms with E-state index in [2.05, 4.69) is 0 Å². The molecule has 0 aliphatic carbocycles. The molecule has 0 amide bonds. The Kier molecular flexibility index (Phi) is 4.61. The van der Waals surface area contributed by atoms with Crippen molar-refractivity contribution >= 4 is 6.08 Å². The first kappa shape index (κ1) is 14.1. The lowest BCUT2D eigenvalue weighted by molar-refractivity contribution is -0.177. The first-order chi connectivity index (χ1) is 9.07. The Labute approximate surface area is 110 Å².